The molecule has 0 spiro atoms. The van der Waals surface area contributed by atoms with E-state index in [1.165, 1.54) is 0 Å². The first kappa shape index (κ1) is 23.1. The van der Waals surface area contributed by atoms with Crippen LogP contribution in [0.25, 0.3) is 0 Å². The lowest BCUT2D eigenvalue weighted by atomic mass is 10.1. The average Bonchev–Trinajstić information content (AvgIpc) is 2.74. The highest BCUT2D eigenvalue weighted by Gasteiger charge is 2.19. The molecule has 0 atom stereocenters. The van der Waals surface area contributed by atoms with E-state index >= 15 is 0 Å². The highest BCUT2D eigenvalue weighted by molar-refractivity contribution is 6.05. The quantitative estimate of drug-likeness (QED) is 0.536. The van der Waals surface area contributed by atoms with Crippen molar-refractivity contribution in [1.29, 1.82) is 0 Å². The van der Waals surface area contributed by atoms with Crippen LogP contribution in [0.5, 0.6) is 17.2 Å². The molecule has 7 heteroatoms. The molecule has 0 aromatic heterocycles. The molecular formula is C23H29NO6. The molecule has 1 amide bonds. The number of nitrogens with one attached hydrogen (secondary N) is 1. The largest absolute Gasteiger partial charge is 0.490 e. The van der Waals surface area contributed by atoms with Gasteiger partial charge in [-0.2, -0.15) is 0 Å². The molecule has 0 bridgehead atoms. The van der Waals surface area contributed by atoms with Crippen LogP contribution in [-0.2, 0) is 4.74 Å². The lowest BCUT2D eigenvalue weighted by Crippen LogP contribution is -2.14. The second-order valence-electron chi connectivity index (χ2n) is 6.27. The van der Waals surface area contributed by atoms with Gasteiger partial charge in [0.1, 0.15) is 0 Å². The molecule has 7 nitrogen and oxygen atoms in total. The topological polar surface area (TPSA) is 83.1 Å². The summed E-state index contributed by atoms with van der Waals surface area (Å²) in [7, 11) is 0. The maximum Gasteiger partial charge on any atom is 0.338 e. The minimum absolute atomic E-state index is 0.349. The van der Waals surface area contributed by atoms with E-state index in [2.05, 4.69) is 5.32 Å². The van der Waals surface area contributed by atoms with Crippen LogP contribution in [0.3, 0.4) is 0 Å². The maximum absolute atomic E-state index is 12.9. The Balaban J connectivity index is 2.29. The molecule has 162 valence electrons. The third-order valence-electron chi connectivity index (χ3n) is 3.96. The number of benzene rings is 2. The molecule has 1 N–H and O–H groups in total. The molecule has 0 unspecified atom stereocenters. The van der Waals surface area contributed by atoms with Gasteiger partial charge in [0, 0.05) is 11.3 Å². The Morgan fingerprint density at radius 1 is 0.833 bits per heavy atom. The highest BCUT2D eigenvalue weighted by Crippen LogP contribution is 2.39. The van der Waals surface area contributed by atoms with Gasteiger partial charge in [-0.05, 0) is 57.5 Å². The SMILES string of the molecule is CCCOC(=O)c1cccc(NC(=O)c2cc(OCC)c(OCC)c(OCC)c2)c1. The van der Waals surface area contributed by atoms with E-state index in [9.17, 15) is 9.59 Å². The first-order chi connectivity index (χ1) is 14.5. The molecule has 0 aliphatic heterocycles. The third kappa shape index (κ3) is 6.14. The van der Waals surface area contributed by atoms with Crippen LogP contribution in [-0.4, -0.2) is 38.3 Å². The zero-order valence-corrected chi connectivity index (χ0v) is 17.9. The summed E-state index contributed by atoms with van der Waals surface area (Å²) in [6.45, 7) is 9.11. The van der Waals surface area contributed by atoms with Gasteiger partial charge in [-0.25, -0.2) is 4.79 Å². The van der Waals surface area contributed by atoms with Crippen molar-refractivity contribution in [3.8, 4) is 17.2 Å². The van der Waals surface area contributed by atoms with Gasteiger partial charge in [0.25, 0.3) is 5.91 Å². The van der Waals surface area contributed by atoms with Gasteiger partial charge in [0.2, 0.25) is 5.75 Å². The molecule has 0 heterocycles. The number of hydrogen-bond acceptors (Lipinski definition) is 6. The van der Waals surface area contributed by atoms with Gasteiger partial charge in [-0.3, -0.25) is 4.79 Å². The zero-order chi connectivity index (χ0) is 21.9. The molecule has 0 radical (unpaired) electrons. The van der Waals surface area contributed by atoms with Gasteiger partial charge in [-0.1, -0.05) is 13.0 Å². The molecule has 0 aliphatic rings. The second-order valence-corrected chi connectivity index (χ2v) is 6.27. The second kappa shape index (κ2) is 11.7. The number of amides is 1. The van der Waals surface area contributed by atoms with Gasteiger partial charge in [-0.15, -0.1) is 0 Å². The highest BCUT2D eigenvalue weighted by atomic mass is 16.5. The summed E-state index contributed by atoms with van der Waals surface area (Å²) in [4.78, 5) is 24.9. The average molecular weight is 415 g/mol. The van der Waals surface area contributed by atoms with Crippen molar-refractivity contribution in [2.45, 2.75) is 34.1 Å². The molecule has 0 saturated carbocycles. The predicted octanol–water partition coefficient (Wildman–Crippen LogP) is 4.70. The Morgan fingerprint density at radius 2 is 1.47 bits per heavy atom. The van der Waals surface area contributed by atoms with Crippen molar-refractivity contribution < 1.29 is 28.5 Å². The van der Waals surface area contributed by atoms with E-state index < -0.39 is 5.97 Å². The first-order valence-electron chi connectivity index (χ1n) is 10.2. The van der Waals surface area contributed by atoms with E-state index in [1.807, 2.05) is 27.7 Å². The summed E-state index contributed by atoms with van der Waals surface area (Å²) in [5.74, 6) is 0.559. The van der Waals surface area contributed by atoms with Gasteiger partial charge in [0.15, 0.2) is 11.5 Å². The van der Waals surface area contributed by atoms with Crippen LogP contribution in [0.1, 0.15) is 54.8 Å². The van der Waals surface area contributed by atoms with E-state index in [-0.39, 0.29) is 5.91 Å². The molecule has 0 aliphatic carbocycles. The fourth-order valence-corrected chi connectivity index (χ4v) is 2.73. The first-order valence-corrected chi connectivity index (χ1v) is 10.2. The van der Waals surface area contributed by atoms with Crippen LogP contribution in [0.4, 0.5) is 5.69 Å². The van der Waals surface area contributed by atoms with Crippen molar-refractivity contribution in [1.82, 2.24) is 0 Å². The summed E-state index contributed by atoms with van der Waals surface area (Å²) >= 11 is 0. The monoisotopic (exact) mass is 415 g/mol. The lowest BCUT2D eigenvalue weighted by molar-refractivity contribution is 0.0505. The van der Waals surface area contributed by atoms with Crippen molar-refractivity contribution >= 4 is 17.6 Å². The number of anilines is 1. The fraction of sp³-hybridized carbons (Fsp3) is 0.391. The summed E-state index contributed by atoms with van der Waals surface area (Å²) in [5, 5.41) is 2.80. The summed E-state index contributed by atoms with van der Waals surface area (Å²) in [6.07, 6.45) is 0.740. The Labute approximate surface area is 177 Å². The maximum atomic E-state index is 12.9. The van der Waals surface area contributed by atoms with Crippen molar-refractivity contribution in [2.75, 3.05) is 31.7 Å². The third-order valence-corrected chi connectivity index (χ3v) is 3.96. The molecule has 2 aromatic rings. The van der Waals surface area contributed by atoms with Crippen LogP contribution in [0.2, 0.25) is 0 Å². The Kier molecular flexibility index (Phi) is 9.00. The lowest BCUT2D eigenvalue weighted by Gasteiger charge is -2.17. The van der Waals surface area contributed by atoms with E-state index in [0.29, 0.717) is 60.5 Å². The van der Waals surface area contributed by atoms with Gasteiger partial charge < -0.3 is 24.3 Å². The van der Waals surface area contributed by atoms with Crippen LogP contribution in [0.15, 0.2) is 36.4 Å². The number of carbonyl (C=O) groups is 2. The molecular weight excluding hydrogens is 386 g/mol. The summed E-state index contributed by atoms with van der Waals surface area (Å²) in [5.41, 5.74) is 1.21. The minimum atomic E-state index is -0.425. The van der Waals surface area contributed by atoms with Crippen LogP contribution < -0.4 is 19.5 Å². The number of esters is 1. The fourth-order valence-electron chi connectivity index (χ4n) is 2.73. The van der Waals surface area contributed by atoms with E-state index in [4.69, 9.17) is 18.9 Å². The standard InChI is InChI=1S/C23H29NO6/c1-5-12-30-23(26)16-10-9-11-18(13-16)24-22(25)17-14-19(27-6-2)21(29-8-4)20(15-17)28-7-3/h9-11,13-15H,5-8,12H2,1-4H3,(H,24,25). The summed E-state index contributed by atoms with van der Waals surface area (Å²) in [6, 6.07) is 9.85. The Hall–Kier alpha value is -3.22. The van der Waals surface area contributed by atoms with Gasteiger partial charge in [0.05, 0.1) is 32.0 Å². The van der Waals surface area contributed by atoms with Gasteiger partial charge >= 0.3 is 5.97 Å². The molecule has 30 heavy (non-hydrogen) atoms. The molecule has 0 saturated heterocycles. The smallest absolute Gasteiger partial charge is 0.338 e. The van der Waals surface area contributed by atoms with Crippen molar-refractivity contribution in [3.63, 3.8) is 0 Å². The number of hydrogen-bond donors (Lipinski definition) is 1. The van der Waals surface area contributed by atoms with E-state index in [1.54, 1.807) is 36.4 Å². The molecule has 0 fully saturated rings. The summed E-state index contributed by atoms with van der Waals surface area (Å²) < 4.78 is 22.1. The van der Waals surface area contributed by atoms with E-state index in [0.717, 1.165) is 6.42 Å². The number of rotatable bonds is 11. The van der Waals surface area contributed by atoms with Crippen LogP contribution >= 0.6 is 0 Å². The number of ether oxygens (including phenoxy) is 4. The zero-order valence-electron chi connectivity index (χ0n) is 17.9. The Bertz CT molecular complexity index is 838. The Morgan fingerprint density at radius 3 is 2.03 bits per heavy atom. The molecule has 2 aromatic carbocycles. The van der Waals surface area contributed by atoms with Crippen LogP contribution in [0, 0.1) is 0 Å². The molecule has 2 rings (SSSR count). The minimum Gasteiger partial charge on any atom is -0.490 e. The predicted molar refractivity (Wildman–Crippen MR) is 115 cm³/mol. The normalized spacial score (nSPS) is 10.3. The number of carbonyl (C=O) groups excluding carboxylic acids is 2. The van der Waals surface area contributed by atoms with Crippen molar-refractivity contribution in [2.24, 2.45) is 0 Å². The van der Waals surface area contributed by atoms with Crippen molar-refractivity contribution in [3.05, 3.63) is 47.5 Å².